The van der Waals surface area contributed by atoms with Gasteiger partial charge in [-0.15, -0.1) is 5.10 Å². The van der Waals surface area contributed by atoms with E-state index >= 15 is 0 Å². The largest absolute Gasteiger partial charge is 0.322 e. The summed E-state index contributed by atoms with van der Waals surface area (Å²) < 4.78 is 28.4. The highest BCUT2D eigenvalue weighted by atomic mass is 19.2. The van der Waals surface area contributed by atoms with Crippen LogP contribution in [0.5, 0.6) is 0 Å². The molecular weight excluding hydrogens is 250 g/mol. The van der Waals surface area contributed by atoms with Crippen molar-refractivity contribution in [2.24, 2.45) is 5.73 Å². The highest BCUT2D eigenvalue weighted by molar-refractivity contribution is 5.21. The van der Waals surface area contributed by atoms with Gasteiger partial charge in [-0.3, -0.25) is 0 Å². The predicted molar refractivity (Wildman–Crippen MR) is 67.3 cm³/mol. The van der Waals surface area contributed by atoms with Crippen molar-refractivity contribution in [3.05, 3.63) is 47.3 Å². The Morgan fingerprint density at radius 3 is 2.89 bits per heavy atom. The smallest absolute Gasteiger partial charge is 0.162 e. The van der Waals surface area contributed by atoms with Crippen LogP contribution in [0.4, 0.5) is 8.78 Å². The Bertz CT molecular complexity index is 553. The number of rotatable bonds is 5. The van der Waals surface area contributed by atoms with Crippen LogP contribution in [0.25, 0.3) is 0 Å². The van der Waals surface area contributed by atoms with Gasteiger partial charge in [0.2, 0.25) is 0 Å². The van der Waals surface area contributed by atoms with Gasteiger partial charge >= 0.3 is 0 Å². The van der Waals surface area contributed by atoms with E-state index in [1.165, 1.54) is 12.1 Å². The third-order valence-electron chi connectivity index (χ3n) is 2.93. The van der Waals surface area contributed by atoms with Crippen LogP contribution in [0.1, 0.15) is 30.6 Å². The van der Waals surface area contributed by atoms with Crippen LogP contribution >= 0.6 is 0 Å². The predicted octanol–water partition coefficient (Wildman–Crippen LogP) is 2.21. The van der Waals surface area contributed by atoms with E-state index < -0.39 is 17.7 Å². The fourth-order valence-corrected chi connectivity index (χ4v) is 1.99. The quantitative estimate of drug-likeness (QED) is 0.902. The first kappa shape index (κ1) is 13.6. The molecule has 1 atom stereocenters. The molecule has 2 rings (SSSR count). The molecule has 19 heavy (non-hydrogen) atoms. The molecule has 2 N–H and O–H groups in total. The zero-order valence-electron chi connectivity index (χ0n) is 10.7. The molecule has 1 aromatic heterocycles. The molecule has 0 aliphatic heterocycles. The van der Waals surface area contributed by atoms with Crippen LogP contribution in [-0.4, -0.2) is 15.0 Å². The maximum Gasteiger partial charge on any atom is 0.162 e. The lowest BCUT2D eigenvalue weighted by atomic mass is 10.0. The lowest BCUT2D eigenvalue weighted by Gasteiger charge is -2.13. The normalized spacial score (nSPS) is 12.6. The van der Waals surface area contributed by atoms with Gasteiger partial charge in [0.05, 0.1) is 17.9 Å². The summed E-state index contributed by atoms with van der Waals surface area (Å²) in [6, 6.07) is 3.64. The van der Waals surface area contributed by atoms with Crippen molar-refractivity contribution in [3.63, 3.8) is 0 Å². The maximum atomic E-state index is 13.6. The molecule has 0 saturated carbocycles. The zero-order valence-corrected chi connectivity index (χ0v) is 10.7. The molecule has 1 unspecified atom stereocenters. The third-order valence-corrected chi connectivity index (χ3v) is 2.93. The van der Waals surface area contributed by atoms with Crippen molar-refractivity contribution in [2.45, 2.75) is 32.4 Å². The summed E-state index contributed by atoms with van der Waals surface area (Å²) in [6.07, 6.45) is 2.68. The Balaban J connectivity index is 2.18. The number of aryl methyl sites for hydroxylation is 1. The van der Waals surface area contributed by atoms with Gasteiger partial charge in [0.1, 0.15) is 0 Å². The molecule has 0 saturated heterocycles. The number of nitrogens with zero attached hydrogens (tertiary/aromatic N) is 3. The molecule has 0 aliphatic rings. The number of aromatic nitrogens is 3. The molecule has 1 heterocycles. The van der Waals surface area contributed by atoms with Crippen LogP contribution in [-0.2, 0) is 13.0 Å². The number of halogens is 2. The molecule has 0 amide bonds. The van der Waals surface area contributed by atoms with Crippen molar-refractivity contribution >= 4 is 0 Å². The fraction of sp³-hybridized carbons (Fsp3) is 0.385. The molecular formula is C13H16F2N4. The first-order valence-electron chi connectivity index (χ1n) is 6.20. The Morgan fingerprint density at radius 1 is 1.37 bits per heavy atom. The number of hydrogen-bond donors (Lipinski definition) is 1. The summed E-state index contributed by atoms with van der Waals surface area (Å²) in [7, 11) is 0. The Kier molecular flexibility index (Phi) is 4.21. The van der Waals surface area contributed by atoms with Crippen LogP contribution < -0.4 is 5.73 Å². The Labute approximate surface area is 110 Å². The summed E-state index contributed by atoms with van der Waals surface area (Å²) in [5.74, 6) is -1.70. The van der Waals surface area contributed by atoms with Crippen molar-refractivity contribution in [1.29, 1.82) is 0 Å². The van der Waals surface area contributed by atoms with Gasteiger partial charge in [0, 0.05) is 6.54 Å². The monoisotopic (exact) mass is 266 g/mol. The molecule has 1 aromatic carbocycles. The molecule has 102 valence electrons. The minimum Gasteiger partial charge on any atom is -0.322 e. The van der Waals surface area contributed by atoms with Gasteiger partial charge < -0.3 is 5.73 Å². The molecule has 4 nitrogen and oxygen atoms in total. The summed E-state index contributed by atoms with van der Waals surface area (Å²) >= 11 is 0. The molecule has 0 spiro atoms. The van der Waals surface area contributed by atoms with Crippen LogP contribution in [0.15, 0.2) is 24.4 Å². The van der Waals surface area contributed by atoms with E-state index in [1.54, 1.807) is 10.9 Å². The SMILES string of the molecule is CCCn1nncc1C(N)Cc1cccc(F)c1F. The molecule has 2 aromatic rings. The summed E-state index contributed by atoms with van der Waals surface area (Å²) in [6.45, 7) is 2.72. The topological polar surface area (TPSA) is 56.7 Å². The van der Waals surface area contributed by atoms with Crippen LogP contribution in [0, 0.1) is 11.6 Å². The van der Waals surface area contributed by atoms with Crippen molar-refractivity contribution in [3.8, 4) is 0 Å². The lowest BCUT2D eigenvalue weighted by molar-refractivity contribution is 0.486. The Hall–Kier alpha value is -1.82. The molecule has 0 fully saturated rings. The standard InChI is InChI=1S/C13H16F2N4/c1-2-6-19-12(8-17-18-19)11(16)7-9-4-3-5-10(14)13(9)15/h3-5,8,11H,2,6-7,16H2,1H3. The van der Waals surface area contributed by atoms with E-state index in [2.05, 4.69) is 10.3 Å². The van der Waals surface area contributed by atoms with Gasteiger partial charge in [-0.2, -0.15) is 0 Å². The van der Waals surface area contributed by atoms with Crippen molar-refractivity contribution < 1.29 is 8.78 Å². The average molecular weight is 266 g/mol. The van der Waals surface area contributed by atoms with Crippen molar-refractivity contribution in [1.82, 2.24) is 15.0 Å². The second-order valence-electron chi connectivity index (χ2n) is 4.41. The van der Waals surface area contributed by atoms with E-state index in [0.717, 1.165) is 18.2 Å². The van der Waals surface area contributed by atoms with Gasteiger partial charge in [-0.05, 0) is 24.5 Å². The molecule has 6 heteroatoms. The summed E-state index contributed by atoms with van der Waals surface area (Å²) in [5, 5.41) is 7.74. The minimum atomic E-state index is -0.857. The highest BCUT2D eigenvalue weighted by Crippen LogP contribution is 2.19. The van der Waals surface area contributed by atoms with E-state index in [0.29, 0.717) is 6.54 Å². The highest BCUT2D eigenvalue weighted by Gasteiger charge is 2.16. The van der Waals surface area contributed by atoms with Gasteiger partial charge in [-0.1, -0.05) is 24.3 Å². The van der Waals surface area contributed by atoms with Gasteiger partial charge in [0.25, 0.3) is 0 Å². The number of benzene rings is 1. The van der Waals surface area contributed by atoms with Crippen LogP contribution in [0.3, 0.4) is 0 Å². The fourth-order valence-electron chi connectivity index (χ4n) is 1.99. The first-order valence-corrected chi connectivity index (χ1v) is 6.20. The third kappa shape index (κ3) is 2.96. The van der Waals surface area contributed by atoms with E-state index in [-0.39, 0.29) is 12.0 Å². The average Bonchev–Trinajstić information content (AvgIpc) is 2.84. The first-order chi connectivity index (χ1) is 9.13. The molecule has 0 radical (unpaired) electrons. The van der Waals surface area contributed by atoms with Crippen LogP contribution in [0.2, 0.25) is 0 Å². The summed E-state index contributed by atoms with van der Waals surface area (Å²) in [4.78, 5) is 0. The maximum absolute atomic E-state index is 13.6. The molecule has 0 bridgehead atoms. The van der Waals surface area contributed by atoms with Gasteiger partial charge in [-0.25, -0.2) is 13.5 Å². The van der Waals surface area contributed by atoms with E-state index in [9.17, 15) is 8.78 Å². The lowest BCUT2D eigenvalue weighted by Crippen LogP contribution is -2.19. The van der Waals surface area contributed by atoms with E-state index in [1.807, 2.05) is 6.92 Å². The van der Waals surface area contributed by atoms with Gasteiger partial charge in [0.15, 0.2) is 11.6 Å². The second kappa shape index (κ2) is 5.88. The second-order valence-corrected chi connectivity index (χ2v) is 4.41. The van der Waals surface area contributed by atoms with Crippen molar-refractivity contribution in [2.75, 3.05) is 0 Å². The minimum absolute atomic E-state index is 0.209. The molecule has 0 aliphatic carbocycles. The Morgan fingerprint density at radius 2 is 2.16 bits per heavy atom. The zero-order chi connectivity index (χ0) is 13.8. The van der Waals surface area contributed by atoms with E-state index in [4.69, 9.17) is 5.73 Å². The number of hydrogen-bond acceptors (Lipinski definition) is 3. The summed E-state index contributed by atoms with van der Waals surface area (Å²) in [5.41, 5.74) is 7.02. The number of nitrogens with two attached hydrogens (primary N) is 1.